The molecule has 3 rings (SSSR count). The van der Waals surface area contributed by atoms with Crippen LogP contribution in [0.1, 0.15) is 26.2 Å². The second kappa shape index (κ2) is 6.95. The number of nitrogens with one attached hydrogen (secondary N) is 1. The second-order valence-electron chi connectivity index (χ2n) is 6.27. The highest BCUT2D eigenvalue weighted by Crippen LogP contribution is 2.23. The third kappa shape index (κ3) is 4.09. The van der Waals surface area contributed by atoms with Crippen LogP contribution in [0.2, 0.25) is 5.02 Å². The number of halogens is 1. The molecule has 0 aromatic carbocycles. The number of ether oxygens (including phenoxy) is 1. The first-order chi connectivity index (χ1) is 10.2. The minimum atomic E-state index is 0.458. The average Bonchev–Trinajstić information content (AvgIpc) is 2.97. The topological polar surface area (TPSA) is 37.4 Å². The number of hydrogen-bond donors (Lipinski definition) is 1. The van der Waals surface area contributed by atoms with Gasteiger partial charge in [-0.25, -0.2) is 4.98 Å². The van der Waals surface area contributed by atoms with Gasteiger partial charge in [0, 0.05) is 38.5 Å². The fourth-order valence-electron chi connectivity index (χ4n) is 3.34. The molecule has 2 saturated heterocycles. The highest BCUT2D eigenvalue weighted by atomic mass is 35.5. The molecule has 0 radical (unpaired) electrons. The third-order valence-electron chi connectivity index (χ3n) is 4.54. The van der Waals surface area contributed by atoms with Crippen molar-refractivity contribution in [1.29, 1.82) is 0 Å². The van der Waals surface area contributed by atoms with E-state index in [1.54, 1.807) is 6.20 Å². The highest BCUT2D eigenvalue weighted by molar-refractivity contribution is 6.30. The fourth-order valence-corrected chi connectivity index (χ4v) is 3.45. The standard InChI is InChI=1S/C16H24ClN3O/c1-12-10-20(11-14-3-2-8-21-14)7-6-15(12)19-16-5-4-13(17)9-18-16/h4-5,9,12,14-15H,2-3,6-8,10-11H2,1H3,(H,18,19)/t12-,14+,15-/m1/s1. The first kappa shape index (κ1) is 15.1. The van der Waals surface area contributed by atoms with Gasteiger partial charge in [0.25, 0.3) is 0 Å². The van der Waals surface area contributed by atoms with E-state index < -0.39 is 0 Å². The molecule has 2 fully saturated rings. The molecule has 0 saturated carbocycles. The Bertz CT molecular complexity index is 447. The maximum absolute atomic E-state index is 5.87. The summed E-state index contributed by atoms with van der Waals surface area (Å²) in [5, 5.41) is 4.22. The molecule has 3 atom stereocenters. The van der Waals surface area contributed by atoms with E-state index in [9.17, 15) is 0 Å². The van der Waals surface area contributed by atoms with Gasteiger partial charge in [-0.2, -0.15) is 0 Å². The molecule has 21 heavy (non-hydrogen) atoms. The number of rotatable bonds is 4. The Kier molecular flexibility index (Phi) is 4.99. The Hall–Kier alpha value is -0.840. The van der Waals surface area contributed by atoms with Crippen LogP contribution in [0.5, 0.6) is 0 Å². The Labute approximate surface area is 131 Å². The van der Waals surface area contributed by atoms with Gasteiger partial charge in [-0.3, -0.25) is 0 Å². The monoisotopic (exact) mass is 309 g/mol. The predicted octanol–water partition coefficient (Wildman–Crippen LogP) is 3.04. The van der Waals surface area contributed by atoms with E-state index in [0.717, 1.165) is 38.5 Å². The molecule has 116 valence electrons. The molecule has 1 N–H and O–H groups in total. The van der Waals surface area contributed by atoms with Crippen molar-refractivity contribution in [2.45, 2.75) is 38.3 Å². The van der Waals surface area contributed by atoms with Crippen molar-refractivity contribution in [2.24, 2.45) is 5.92 Å². The number of anilines is 1. The summed E-state index contributed by atoms with van der Waals surface area (Å²) >= 11 is 5.87. The average molecular weight is 310 g/mol. The number of pyridine rings is 1. The van der Waals surface area contributed by atoms with Crippen LogP contribution in [-0.4, -0.2) is 48.3 Å². The van der Waals surface area contributed by atoms with Crippen molar-refractivity contribution in [3.63, 3.8) is 0 Å². The van der Waals surface area contributed by atoms with Crippen molar-refractivity contribution in [3.8, 4) is 0 Å². The van der Waals surface area contributed by atoms with Gasteiger partial charge in [-0.1, -0.05) is 18.5 Å². The summed E-state index contributed by atoms with van der Waals surface area (Å²) in [5.41, 5.74) is 0. The highest BCUT2D eigenvalue weighted by Gasteiger charge is 2.28. The first-order valence-corrected chi connectivity index (χ1v) is 8.30. The van der Waals surface area contributed by atoms with E-state index in [1.165, 1.54) is 12.8 Å². The van der Waals surface area contributed by atoms with Gasteiger partial charge in [0.1, 0.15) is 5.82 Å². The van der Waals surface area contributed by atoms with Crippen molar-refractivity contribution in [3.05, 3.63) is 23.4 Å². The zero-order valence-corrected chi connectivity index (χ0v) is 13.4. The number of nitrogens with zero attached hydrogens (tertiary/aromatic N) is 2. The van der Waals surface area contributed by atoms with Crippen molar-refractivity contribution in [2.75, 3.05) is 31.6 Å². The summed E-state index contributed by atoms with van der Waals surface area (Å²) < 4.78 is 5.74. The van der Waals surface area contributed by atoms with Crippen LogP contribution in [0.15, 0.2) is 18.3 Å². The summed E-state index contributed by atoms with van der Waals surface area (Å²) in [6, 6.07) is 4.32. The maximum Gasteiger partial charge on any atom is 0.126 e. The smallest absolute Gasteiger partial charge is 0.126 e. The molecule has 1 aromatic rings. The van der Waals surface area contributed by atoms with Crippen LogP contribution in [0.4, 0.5) is 5.82 Å². The lowest BCUT2D eigenvalue weighted by molar-refractivity contribution is 0.0562. The summed E-state index contributed by atoms with van der Waals surface area (Å²) in [5.74, 6) is 1.53. The summed E-state index contributed by atoms with van der Waals surface area (Å²) in [6.07, 6.45) is 5.75. The lowest BCUT2D eigenvalue weighted by Gasteiger charge is -2.38. The Balaban J connectivity index is 1.49. The molecule has 2 aliphatic rings. The van der Waals surface area contributed by atoms with Crippen LogP contribution >= 0.6 is 11.6 Å². The first-order valence-electron chi connectivity index (χ1n) is 7.93. The quantitative estimate of drug-likeness (QED) is 0.927. The van der Waals surface area contributed by atoms with Crippen molar-refractivity contribution < 1.29 is 4.74 Å². The van der Waals surface area contributed by atoms with Gasteiger partial charge in [0.2, 0.25) is 0 Å². The largest absolute Gasteiger partial charge is 0.377 e. The molecule has 2 aliphatic heterocycles. The molecule has 3 heterocycles. The van der Waals surface area contributed by atoms with Gasteiger partial charge >= 0.3 is 0 Å². The SMILES string of the molecule is C[C@@H]1CN(C[C@@H]2CCCO2)CC[C@H]1Nc1ccc(Cl)cn1. The summed E-state index contributed by atoms with van der Waals surface area (Å²) in [4.78, 5) is 6.88. The lowest BCUT2D eigenvalue weighted by atomic mass is 9.93. The molecule has 0 amide bonds. The molecule has 0 spiro atoms. The van der Waals surface area contributed by atoms with E-state index in [4.69, 9.17) is 16.3 Å². The van der Waals surface area contributed by atoms with Crippen LogP contribution in [-0.2, 0) is 4.74 Å². The van der Waals surface area contributed by atoms with E-state index in [0.29, 0.717) is 23.1 Å². The predicted molar refractivity (Wildman–Crippen MR) is 85.9 cm³/mol. The molecule has 0 bridgehead atoms. The Morgan fingerprint density at radius 1 is 1.43 bits per heavy atom. The van der Waals surface area contributed by atoms with E-state index in [2.05, 4.69) is 22.1 Å². The van der Waals surface area contributed by atoms with Crippen LogP contribution < -0.4 is 5.32 Å². The number of hydrogen-bond acceptors (Lipinski definition) is 4. The minimum Gasteiger partial charge on any atom is -0.377 e. The second-order valence-corrected chi connectivity index (χ2v) is 6.71. The molecule has 4 nitrogen and oxygen atoms in total. The van der Waals surface area contributed by atoms with Gasteiger partial charge in [0.05, 0.1) is 11.1 Å². The van der Waals surface area contributed by atoms with Gasteiger partial charge < -0.3 is 15.0 Å². The third-order valence-corrected chi connectivity index (χ3v) is 4.76. The van der Waals surface area contributed by atoms with Gasteiger partial charge in [0.15, 0.2) is 0 Å². The molecule has 0 unspecified atom stereocenters. The van der Waals surface area contributed by atoms with Crippen LogP contribution in [0.3, 0.4) is 0 Å². The fraction of sp³-hybridized carbons (Fsp3) is 0.688. The van der Waals surface area contributed by atoms with Crippen LogP contribution in [0.25, 0.3) is 0 Å². The van der Waals surface area contributed by atoms with Gasteiger partial charge in [-0.05, 0) is 37.3 Å². The number of likely N-dealkylation sites (tertiary alicyclic amines) is 1. The Morgan fingerprint density at radius 2 is 2.33 bits per heavy atom. The molecule has 1 aromatic heterocycles. The number of aromatic nitrogens is 1. The molecular weight excluding hydrogens is 286 g/mol. The summed E-state index contributed by atoms with van der Waals surface area (Å²) in [7, 11) is 0. The van der Waals surface area contributed by atoms with Gasteiger partial charge in [-0.15, -0.1) is 0 Å². The summed E-state index contributed by atoms with van der Waals surface area (Å²) in [6.45, 7) is 6.62. The van der Waals surface area contributed by atoms with E-state index >= 15 is 0 Å². The lowest BCUT2D eigenvalue weighted by Crippen LogP contribution is -2.47. The van der Waals surface area contributed by atoms with Crippen LogP contribution in [0, 0.1) is 5.92 Å². The van der Waals surface area contributed by atoms with E-state index in [1.807, 2.05) is 12.1 Å². The van der Waals surface area contributed by atoms with Crippen molar-refractivity contribution >= 4 is 17.4 Å². The minimum absolute atomic E-state index is 0.458. The van der Waals surface area contributed by atoms with E-state index in [-0.39, 0.29) is 0 Å². The van der Waals surface area contributed by atoms with Crippen molar-refractivity contribution in [1.82, 2.24) is 9.88 Å². The Morgan fingerprint density at radius 3 is 3.00 bits per heavy atom. The zero-order valence-electron chi connectivity index (χ0n) is 12.6. The number of piperidine rings is 1. The zero-order chi connectivity index (χ0) is 14.7. The molecule has 0 aliphatic carbocycles. The normalized spacial score (nSPS) is 30.5. The molecule has 5 heteroatoms. The maximum atomic E-state index is 5.87. The molecular formula is C16H24ClN3O.